The van der Waals surface area contributed by atoms with E-state index < -0.39 is 16.1 Å². The molecule has 0 heterocycles. The summed E-state index contributed by atoms with van der Waals surface area (Å²) in [6.07, 6.45) is 0. The highest BCUT2D eigenvalue weighted by molar-refractivity contribution is 7.89. The first kappa shape index (κ1) is 23.3. The van der Waals surface area contributed by atoms with E-state index in [1.165, 1.54) is 0 Å². The predicted octanol–water partition coefficient (Wildman–Crippen LogP) is 5.61. The molecule has 0 amide bonds. The largest absolute Gasteiger partial charge is 0.292 e. The lowest BCUT2D eigenvalue weighted by Crippen LogP contribution is -2.39. The van der Waals surface area contributed by atoms with Crippen molar-refractivity contribution in [3.63, 3.8) is 0 Å². The molecule has 1 atom stereocenters. The molecule has 2 aromatic carbocycles. The van der Waals surface area contributed by atoms with Gasteiger partial charge in [-0.1, -0.05) is 84.0 Å². The van der Waals surface area contributed by atoms with Crippen molar-refractivity contribution in [3.05, 3.63) is 64.7 Å². The molecule has 1 unspecified atom stereocenters. The predicted molar refractivity (Wildman–Crippen MR) is 119 cm³/mol. The van der Waals surface area contributed by atoms with Crippen LogP contribution in [0.25, 0.3) is 0 Å². The van der Waals surface area contributed by atoms with Crippen LogP contribution in [0.15, 0.2) is 47.4 Å². The molecule has 0 spiro atoms. The zero-order valence-corrected chi connectivity index (χ0v) is 19.3. The van der Waals surface area contributed by atoms with E-state index in [9.17, 15) is 13.2 Å². The van der Waals surface area contributed by atoms with Gasteiger partial charge in [0.05, 0.1) is 10.9 Å². The Morgan fingerprint density at radius 2 is 1.28 bits per heavy atom. The molecule has 0 aromatic heterocycles. The first-order chi connectivity index (χ1) is 13.5. The number of hydrogen-bond donors (Lipinski definition) is 1. The van der Waals surface area contributed by atoms with Crippen molar-refractivity contribution in [1.29, 1.82) is 0 Å². The summed E-state index contributed by atoms with van der Waals surface area (Å²) in [5, 5.41) is 0. The van der Waals surface area contributed by atoms with Crippen molar-refractivity contribution in [2.45, 2.75) is 77.2 Å². The number of hydrogen-bond acceptors (Lipinski definition) is 3. The van der Waals surface area contributed by atoms with Gasteiger partial charge in [0.2, 0.25) is 10.0 Å². The Morgan fingerprint density at radius 3 is 1.69 bits per heavy atom. The van der Waals surface area contributed by atoms with Crippen LogP contribution in [0.1, 0.15) is 93.3 Å². The molecule has 0 saturated heterocycles. The van der Waals surface area contributed by atoms with Crippen molar-refractivity contribution >= 4 is 15.8 Å². The molecule has 0 fully saturated rings. The lowest BCUT2D eigenvalue weighted by molar-refractivity contribution is 0.0961. The van der Waals surface area contributed by atoms with Crippen LogP contribution in [0.4, 0.5) is 0 Å². The zero-order chi connectivity index (χ0) is 21.9. The van der Waals surface area contributed by atoms with Crippen LogP contribution in [0.5, 0.6) is 0 Å². The van der Waals surface area contributed by atoms with Gasteiger partial charge in [-0.25, -0.2) is 13.1 Å². The van der Waals surface area contributed by atoms with Gasteiger partial charge in [0.1, 0.15) is 0 Å². The molecule has 5 heteroatoms. The fourth-order valence-corrected chi connectivity index (χ4v) is 5.30. The minimum Gasteiger partial charge on any atom is -0.292 e. The minimum atomic E-state index is -3.88. The second kappa shape index (κ2) is 9.23. The standard InChI is InChI=1S/C24H33NO3S/c1-15(2)20-13-21(16(3)4)24(22(14-20)17(5)6)29(27,28)25-18(7)23(26)19-11-9-8-10-12-19/h8-18,25H,1-7H3. The lowest BCUT2D eigenvalue weighted by atomic mass is 9.89. The lowest BCUT2D eigenvalue weighted by Gasteiger charge is -2.24. The highest BCUT2D eigenvalue weighted by Gasteiger charge is 2.30. The van der Waals surface area contributed by atoms with Crippen LogP contribution in [-0.2, 0) is 10.0 Å². The quantitative estimate of drug-likeness (QED) is 0.570. The average molecular weight is 416 g/mol. The van der Waals surface area contributed by atoms with Crippen molar-refractivity contribution in [2.75, 3.05) is 0 Å². The molecule has 4 nitrogen and oxygen atoms in total. The smallest absolute Gasteiger partial charge is 0.241 e. The first-order valence-corrected chi connectivity index (χ1v) is 11.7. The second-order valence-electron chi connectivity index (χ2n) is 8.57. The van der Waals surface area contributed by atoms with Crippen LogP contribution in [0, 0.1) is 0 Å². The summed E-state index contributed by atoms with van der Waals surface area (Å²) in [6, 6.07) is 11.9. The van der Waals surface area contributed by atoms with Crippen LogP contribution >= 0.6 is 0 Å². The van der Waals surface area contributed by atoms with Gasteiger partial charge in [-0.05, 0) is 41.4 Å². The molecule has 0 aliphatic rings. The normalized spacial score (nSPS) is 13.3. The van der Waals surface area contributed by atoms with E-state index in [2.05, 4.69) is 18.6 Å². The number of ketones is 1. The van der Waals surface area contributed by atoms with E-state index in [-0.39, 0.29) is 17.6 Å². The Labute approximate surface area is 175 Å². The van der Waals surface area contributed by atoms with Gasteiger partial charge < -0.3 is 0 Å². The van der Waals surface area contributed by atoms with Crippen LogP contribution < -0.4 is 4.72 Å². The van der Waals surface area contributed by atoms with E-state index in [1.807, 2.05) is 45.9 Å². The Morgan fingerprint density at radius 1 is 0.793 bits per heavy atom. The number of sulfonamides is 1. The molecular formula is C24H33NO3S. The Bertz CT molecular complexity index is 932. The molecule has 158 valence electrons. The molecule has 0 saturated carbocycles. The van der Waals surface area contributed by atoms with Gasteiger partial charge in [0, 0.05) is 5.56 Å². The maximum Gasteiger partial charge on any atom is 0.241 e. The molecule has 0 aliphatic carbocycles. The third-order valence-corrected chi connectivity index (χ3v) is 6.80. The maximum atomic E-state index is 13.4. The van der Waals surface area contributed by atoms with E-state index in [0.717, 1.165) is 16.7 Å². The fraction of sp³-hybridized carbons (Fsp3) is 0.458. The molecule has 2 aromatic rings. The summed E-state index contributed by atoms with van der Waals surface area (Å²) >= 11 is 0. The molecule has 0 bridgehead atoms. The number of benzene rings is 2. The van der Waals surface area contributed by atoms with Crippen LogP contribution in [0.3, 0.4) is 0 Å². The molecule has 29 heavy (non-hydrogen) atoms. The topological polar surface area (TPSA) is 63.2 Å². The van der Waals surface area contributed by atoms with Crippen molar-refractivity contribution < 1.29 is 13.2 Å². The second-order valence-corrected chi connectivity index (χ2v) is 10.2. The van der Waals surface area contributed by atoms with Gasteiger partial charge in [0.25, 0.3) is 0 Å². The number of rotatable bonds is 8. The summed E-state index contributed by atoms with van der Waals surface area (Å²) in [6.45, 7) is 13.8. The SMILES string of the molecule is CC(NS(=O)(=O)c1c(C(C)C)cc(C(C)C)cc1C(C)C)C(=O)c1ccccc1. The number of Topliss-reactive ketones (excluding diaryl/α,β-unsaturated/α-hetero) is 1. The summed E-state index contributed by atoms with van der Waals surface area (Å²) in [5.74, 6) is 0.134. The average Bonchev–Trinajstić information content (AvgIpc) is 2.66. The van der Waals surface area contributed by atoms with E-state index in [4.69, 9.17) is 0 Å². The zero-order valence-electron chi connectivity index (χ0n) is 18.5. The van der Waals surface area contributed by atoms with Gasteiger partial charge in [0.15, 0.2) is 5.78 Å². The highest BCUT2D eigenvalue weighted by Crippen LogP contribution is 2.35. The monoisotopic (exact) mass is 415 g/mol. The Hall–Kier alpha value is -1.98. The number of nitrogens with one attached hydrogen (secondary N) is 1. The number of carbonyl (C=O) groups excluding carboxylic acids is 1. The molecule has 0 radical (unpaired) electrons. The van der Waals surface area contributed by atoms with Crippen molar-refractivity contribution in [3.8, 4) is 0 Å². The third kappa shape index (κ3) is 5.34. The molecule has 1 N–H and O–H groups in total. The summed E-state index contributed by atoms with van der Waals surface area (Å²) in [4.78, 5) is 13.0. The third-order valence-electron chi connectivity index (χ3n) is 5.13. The summed E-state index contributed by atoms with van der Waals surface area (Å²) in [7, 11) is -3.88. The van der Waals surface area contributed by atoms with Gasteiger partial charge >= 0.3 is 0 Å². The fourth-order valence-electron chi connectivity index (χ4n) is 3.40. The Kier molecular flexibility index (Phi) is 7.41. The van der Waals surface area contributed by atoms with E-state index in [0.29, 0.717) is 16.4 Å². The van der Waals surface area contributed by atoms with Gasteiger partial charge in [-0.2, -0.15) is 0 Å². The summed E-state index contributed by atoms with van der Waals surface area (Å²) in [5.41, 5.74) is 3.22. The van der Waals surface area contributed by atoms with Crippen molar-refractivity contribution in [2.24, 2.45) is 0 Å². The Balaban J connectivity index is 2.54. The van der Waals surface area contributed by atoms with Gasteiger partial charge in [-0.15, -0.1) is 0 Å². The molecule has 0 aliphatic heterocycles. The molecule has 2 rings (SSSR count). The van der Waals surface area contributed by atoms with Crippen LogP contribution in [-0.4, -0.2) is 20.2 Å². The van der Waals surface area contributed by atoms with E-state index in [1.54, 1.807) is 31.2 Å². The summed E-state index contributed by atoms with van der Waals surface area (Å²) < 4.78 is 29.5. The first-order valence-electron chi connectivity index (χ1n) is 10.2. The van der Waals surface area contributed by atoms with E-state index >= 15 is 0 Å². The molecular weight excluding hydrogens is 382 g/mol. The highest BCUT2D eigenvalue weighted by atomic mass is 32.2. The van der Waals surface area contributed by atoms with Gasteiger partial charge in [-0.3, -0.25) is 4.79 Å². The number of carbonyl (C=O) groups is 1. The minimum absolute atomic E-state index is 0.0397. The van der Waals surface area contributed by atoms with Crippen LogP contribution in [0.2, 0.25) is 0 Å². The maximum absolute atomic E-state index is 13.4. The van der Waals surface area contributed by atoms with Crippen molar-refractivity contribution in [1.82, 2.24) is 4.72 Å².